The molecule has 0 aliphatic carbocycles. The highest BCUT2D eigenvalue weighted by Gasteiger charge is 2.28. The number of phosphoric ester groups is 1. The third-order valence-corrected chi connectivity index (χ3v) is 12.0. The smallest absolute Gasteiger partial charge is 0.462 e. The van der Waals surface area contributed by atoms with Gasteiger partial charge in [-0.3, -0.25) is 23.4 Å². The molecule has 0 bridgehead atoms. The molecule has 0 fully saturated rings. The third kappa shape index (κ3) is 57.0. The van der Waals surface area contributed by atoms with Gasteiger partial charge in [-0.1, -0.05) is 215 Å². The van der Waals surface area contributed by atoms with Gasteiger partial charge in [0.2, 0.25) is 0 Å². The van der Waals surface area contributed by atoms with Crippen LogP contribution in [0.4, 0.5) is 0 Å². The van der Waals surface area contributed by atoms with Crippen molar-refractivity contribution in [3.8, 4) is 0 Å². The fraction of sp³-hybridized carbons (Fsp3) is 0.485. The topological polar surface area (TPSA) is 155 Å². The SMILES string of the molecule is CC/C=C\C/C=C\C/C=C\C/C=C\C/C=C\C/C=C\CCC(=O)OCC(COP(=O)(O)OCC(CO)OC(=O)CCC/C=C\C/C=C\C/C=C\C/C=C\C/C=C\CC)OC(=O)CCC/C=C\C/C=C\C/C=C\C/C=C\C/C=C\CC. The number of unbranched alkanes of at least 4 members (excludes halogenated alkanes) is 2. The second-order valence-electron chi connectivity index (χ2n) is 18.3. The molecule has 0 aromatic rings. The molecule has 0 aliphatic heterocycles. The first-order valence-electron chi connectivity index (χ1n) is 29.3. The molecular formula is C68H101O11P. The van der Waals surface area contributed by atoms with Crippen molar-refractivity contribution in [2.24, 2.45) is 0 Å². The quantitative estimate of drug-likeness (QED) is 0.0197. The van der Waals surface area contributed by atoms with Gasteiger partial charge in [0.1, 0.15) is 12.7 Å². The molecule has 444 valence electrons. The summed E-state index contributed by atoms with van der Waals surface area (Å²) in [7, 11) is -4.81. The monoisotopic (exact) mass is 1120 g/mol. The summed E-state index contributed by atoms with van der Waals surface area (Å²) >= 11 is 0. The lowest BCUT2D eigenvalue weighted by atomic mass is 10.2. The number of carbonyl (C=O) groups excluding carboxylic acids is 3. The minimum Gasteiger partial charge on any atom is -0.462 e. The first kappa shape index (κ1) is 74.3. The standard InChI is InChI=1S/C68H101O11P/c1-4-7-10-13-16-19-22-25-28-31-32-35-36-39-42-45-48-51-54-57-66(70)75-61-65(79-68(72)59-56-53-50-47-44-41-38-34-30-27-24-21-18-15-12-9-6-3)63-77-80(73,74)76-62-64(60-69)78-67(71)58-55-52-49-46-43-40-37-33-29-26-23-20-17-14-11-8-5-2/h7-12,16-21,25-30,32,35,37-42,46-51,64-65,69H,4-6,13-15,22-24,31,33-34,36,43-45,52-63H2,1-3H3,(H,73,74)/b10-7-,11-8-,12-9-,19-16-,20-17-,21-18-,28-25-,29-26-,30-27-,35-32-,40-37-,41-38-,42-39-,49-46-,50-47-,51-48-. The molecule has 80 heavy (non-hydrogen) atoms. The number of ether oxygens (including phenoxy) is 3. The van der Waals surface area contributed by atoms with E-state index in [-0.39, 0.29) is 19.3 Å². The summed E-state index contributed by atoms with van der Waals surface area (Å²) in [5.41, 5.74) is 0. The van der Waals surface area contributed by atoms with Crippen molar-refractivity contribution in [2.45, 2.75) is 187 Å². The Morgan fingerprint density at radius 2 is 0.613 bits per heavy atom. The Balaban J connectivity index is 5.00. The molecule has 0 aliphatic rings. The van der Waals surface area contributed by atoms with Gasteiger partial charge in [-0.25, -0.2) is 4.57 Å². The highest BCUT2D eigenvalue weighted by Crippen LogP contribution is 2.43. The average molecular weight is 1130 g/mol. The van der Waals surface area contributed by atoms with Gasteiger partial charge in [-0.15, -0.1) is 0 Å². The van der Waals surface area contributed by atoms with E-state index < -0.39 is 64.4 Å². The van der Waals surface area contributed by atoms with Gasteiger partial charge in [0, 0.05) is 19.3 Å². The number of esters is 3. The Morgan fingerprint density at radius 1 is 0.350 bits per heavy atom. The largest absolute Gasteiger partial charge is 0.472 e. The van der Waals surface area contributed by atoms with Crippen molar-refractivity contribution in [2.75, 3.05) is 26.4 Å². The second kappa shape index (κ2) is 59.4. The number of carbonyl (C=O) groups is 3. The van der Waals surface area contributed by atoms with Crippen molar-refractivity contribution >= 4 is 25.7 Å². The van der Waals surface area contributed by atoms with Crippen LogP contribution in [0.3, 0.4) is 0 Å². The van der Waals surface area contributed by atoms with Crippen LogP contribution >= 0.6 is 7.82 Å². The Kier molecular flexibility index (Phi) is 55.2. The summed E-state index contributed by atoms with van der Waals surface area (Å²) in [5, 5.41) is 9.82. The summed E-state index contributed by atoms with van der Waals surface area (Å²) in [4.78, 5) is 48.6. The summed E-state index contributed by atoms with van der Waals surface area (Å²) in [5.74, 6) is -1.73. The number of phosphoric acid groups is 1. The number of aliphatic hydroxyl groups is 1. The van der Waals surface area contributed by atoms with Crippen LogP contribution in [-0.4, -0.2) is 66.5 Å². The first-order valence-corrected chi connectivity index (χ1v) is 30.8. The van der Waals surface area contributed by atoms with Gasteiger partial charge in [0.15, 0.2) is 6.10 Å². The summed E-state index contributed by atoms with van der Waals surface area (Å²) in [6.07, 6.45) is 82.8. The predicted octanol–water partition coefficient (Wildman–Crippen LogP) is 17.8. The minimum absolute atomic E-state index is 0.0561. The van der Waals surface area contributed by atoms with Crippen LogP contribution in [0.2, 0.25) is 0 Å². The Hall–Kier alpha value is -5.68. The lowest BCUT2D eigenvalue weighted by molar-refractivity contribution is -0.161. The maximum Gasteiger partial charge on any atom is 0.472 e. The maximum atomic E-state index is 12.9. The fourth-order valence-electron chi connectivity index (χ4n) is 6.69. The Morgan fingerprint density at radius 3 is 0.912 bits per heavy atom. The molecule has 3 unspecified atom stereocenters. The highest BCUT2D eigenvalue weighted by molar-refractivity contribution is 7.47. The third-order valence-electron chi connectivity index (χ3n) is 11.0. The van der Waals surface area contributed by atoms with Gasteiger partial charge in [-0.2, -0.15) is 0 Å². The van der Waals surface area contributed by atoms with Gasteiger partial charge < -0.3 is 24.2 Å². The Labute approximate surface area is 483 Å². The van der Waals surface area contributed by atoms with E-state index in [4.69, 9.17) is 23.3 Å². The molecule has 12 heteroatoms. The van der Waals surface area contributed by atoms with Gasteiger partial charge in [0.05, 0.1) is 19.8 Å². The molecule has 0 heterocycles. The second-order valence-corrected chi connectivity index (χ2v) is 19.8. The lowest BCUT2D eigenvalue weighted by Gasteiger charge is -2.21. The molecule has 11 nitrogen and oxygen atoms in total. The van der Waals surface area contributed by atoms with Crippen molar-refractivity contribution < 1.29 is 52.2 Å². The molecule has 0 spiro atoms. The van der Waals surface area contributed by atoms with Crippen molar-refractivity contribution in [1.82, 2.24) is 0 Å². The Bertz CT molecular complexity index is 2090. The molecule has 0 aromatic carbocycles. The summed E-state index contributed by atoms with van der Waals surface area (Å²) < 4.78 is 39.3. The van der Waals surface area contributed by atoms with Crippen LogP contribution in [0.15, 0.2) is 194 Å². The van der Waals surface area contributed by atoms with E-state index in [1.54, 1.807) is 0 Å². The van der Waals surface area contributed by atoms with E-state index in [2.05, 4.69) is 179 Å². The predicted molar refractivity (Wildman–Crippen MR) is 334 cm³/mol. The summed E-state index contributed by atoms with van der Waals surface area (Å²) in [6, 6.07) is 0. The molecule has 0 saturated carbocycles. The molecule has 0 aromatic heterocycles. The normalized spacial score (nSPS) is 14.7. The molecule has 0 amide bonds. The number of hydrogen-bond donors (Lipinski definition) is 2. The maximum absolute atomic E-state index is 12.9. The van der Waals surface area contributed by atoms with Gasteiger partial charge >= 0.3 is 25.7 Å². The molecule has 0 saturated heterocycles. The van der Waals surface area contributed by atoms with E-state index in [9.17, 15) is 28.9 Å². The van der Waals surface area contributed by atoms with Crippen LogP contribution in [0.1, 0.15) is 175 Å². The number of hydrogen-bond acceptors (Lipinski definition) is 10. The molecular weight excluding hydrogens is 1020 g/mol. The number of aliphatic hydroxyl groups excluding tert-OH is 1. The zero-order valence-corrected chi connectivity index (χ0v) is 49.8. The average Bonchev–Trinajstić information content (AvgIpc) is 3.45. The zero-order chi connectivity index (χ0) is 58.3. The van der Waals surface area contributed by atoms with E-state index in [1.165, 1.54) is 0 Å². The highest BCUT2D eigenvalue weighted by atomic mass is 31.2. The molecule has 3 atom stereocenters. The van der Waals surface area contributed by atoms with Crippen molar-refractivity contribution in [3.63, 3.8) is 0 Å². The van der Waals surface area contributed by atoms with Crippen LogP contribution in [0, 0.1) is 0 Å². The number of allylic oxidation sites excluding steroid dienone is 32. The molecule has 0 radical (unpaired) electrons. The molecule has 0 rings (SSSR count). The number of rotatable bonds is 51. The van der Waals surface area contributed by atoms with Crippen LogP contribution in [-0.2, 0) is 42.2 Å². The van der Waals surface area contributed by atoms with Crippen LogP contribution in [0.5, 0.6) is 0 Å². The van der Waals surface area contributed by atoms with E-state index in [0.717, 1.165) is 103 Å². The van der Waals surface area contributed by atoms with Crippen molar-refractivity contribution in [1.29, 1.82) is 0 Å². The van der Waals surface area contributed by atoms with Gasteiger partial charge in [0.25, 0.3) is 0 Å². The fourth-order valence-corrected chi connectivity index (χ4v) is 7.47. The van der Waals surface area contributed by atoms with Crippen molar-refractivity contribution in [3.05, 3.63) is 194 Å². The summed E-state index contributed by atoms with van der Waals surface area (Å²) in [6.45, 7) is 4.05. The molecule has 2 N–H and O–H groups in total. The van der Waals surface area contributed by atoms with Crippen LogP contribution < -0.4 is 0 Å². The van der Waals surface area contributed by atoms with Crippen LogP contribution in [0.25, 0.3) is 0 Å². The minimum atomic E-state index is -4.81. The van der Waals surface area contributed by atoms with E-state index in [0.29, 0.717) is 32.1 Å². The zero-order valence-electron chi connectivity index (χ0n) is 48.9. The van der Waals surface area contributed by atoms with Gasteiger partial charge in [-0.05, 0) is 135 Å². The van der Waals surface area contributed by atoms with E-state index in [1.807, 2.05) is 36.5 Å². The first-order chi connectivity index (χ1) is 39.2. The van der Waals surface area contributed by atoms with E-state index >= 15 is 0 Å². The lowest BCUT2D eigenvalue weighted by Crippen LogP contribution is -2.30.